The number of nitrogens with one attached hydrogen (secondary N) is 1. The van der Waals surface area contributed by atoms with Crippen LogP contribution >= 0.6 is 11.3 Å². The summed E-state index contributed by atoms with van der Waals surface area (Å²) in [6, 6.07) is 4.79. The maximum atomic E-state index is 11.4. The molecule has 3 N–H and O–H groups in total. The number of nitrogens with zero attached hydrogens (tertiary/aromatic N) is 1. The van der Waals surface area contributed by atoms with Crippen LogP contribution in [0.3, 0.4) is 0 Å². The highest BCUT2D eigenvalue weighted by Gasteiger charge is 2.13. The van der Waals surface area contributed by atoms with E-state index < -0.39 is 10.0 Å². The molecule has 2 aromatic rings. The molecule has 1 unspecified atom stereocenters. The molecule has 0 bridgehead atoms. The highest BCUT2D eigenvalue weighted by molar-refractivity contribution is 7.89. The van der Waals surface area contributed by atoms with Gasteiger partial charge in [-0.1, -0.05) is 6.07 Å². The summed E-state index contributed by atoms with van der Waals surface area (Å²) >= 11 is 1.52. The van der Waals surface area contributed by atoms with Gasteiger partial charge in [0, 0.05) is 11.1 Å². The number of aryl methyl sites for hydroxylation is 1. The number of sulfonamides is 1. The summed E-state index contributed by atoms with van der Waals surface area (Å²) in [6.45, 7) is 3.88. The van der Waals surface area contributed by atoms with E-state index in [1.807, 2.05) is 19.2 Å². The fourth-order valence-electron chi connectivity index (χ4n) is 1.68. The highest BCUT2D eigenvalue weighted by atomic mass is 32.2. The number of nitrogens with two attached hydrogens (primary N) is 1. The molecule has 0 aliphatic carbocycles. The molecule has 0 spiro atoms. The molecule has 0 fully saturated rings. The Morgan fingerprint density at radius 3 is 2.74 bits per heavy atom. The van der Waals surface area contributed by atoms with Crippen molar-refractivity contribution in [2.75, 3.05) is 5.32 Å². The van der Waals surface area contributed by atoms with Crippen molar-refractivity contribution >= 4 is 27.0 Å². The molecule has 102 valence electrons. The predicted octanol–water partition coefficient (Wildman–Crippen LogP) is 2.27. The summed E-state index contributed by atoms with van der Waals surface area (Å²) < 4.78 is 22.7. The molecule has 0 saturated carbocycles. The van der Waals surface area contributed by atoms with E-state index in [4.69, 9.17) is 5.14 Å². The van der Waals surface area contributed by atoms with Crippen molar-refractivity contribution < 1.29 is 8.42 Å². The van der Waals surface area contributed by atoms with Crippen LogP contribution in [0.25, 0.3) is 0 Å². The Morgan fingerprint density at radius 1 is 1.42 bits per heavy atom. The van der Waals surface area contributed by atoms with Gasteiger partial charge < -0.3 is 5.32 Å². The second-order valence-corrected chi connectivity index (χ2v) is 6.58. The summed E-state index contributed by atoms with van der Waals surface area (Å²) in [4.78, 5) is 4.33. The molecule has 1 aromatic carbocycles. The predicted molar refractivity (Wildman–Crippen MR) is 76.7 cm³/mol. The molecule has 7 heteroatoms. The summed E-state index contributed by atoms with van der Waals surface area (Å²) in [7, 11) is -3.69. The minimum atomic E-state index is -3.69. The minimum absolute atomic E-state index is 0.000628. The van der Waals surface area contributed by atoms with Crippen molar-refractivity contribution in [2.45, 2.75) is 24.8 Å². The number of primary sulfonamides is 1. The monoisotopic (exact) mass is 297 g/mol. The molecule has 1 atom stereocenters. The van der Waals surface area contributed by atoms with Gasteiger partial charge >= 0.3 is 0 Å². The minimum Gasteiger partial charge on any atom is -0.377 e. The second-order valence-electron chi connectivity index (χ2n) is 4.30. The van der Waals surface area contributed by atoms with Gasteiger partial charge in [0.25, 0.3) is 0 Å². The lowest BCUT2D eigenvalue weighted by Crippen LogP contribution is -2.14. The third kappa shape index (κ3) is 3.31. The van der Waals surface area contributed by atoms with Gasteiger partial charge in [-0.15, -0.1) is 11.3 Å². The van der Waals surface area contributed by atoms with Crippen molar-refractivity contribution in [3.63, 3.8) is 0 Å². The first-order chi connectivity index (χ1) is 8.88. The van der Waals surface area contributed by atoms with Gasteiger partial charge in [-0.3, -0.25) is 0 Å². The lowest BCUT2D eigenvalue weighted by Gasteiger charge is -2.16. The van der Waals surface area contributed by atoms with Crippen LogP contribution in [0.5, 0.6) is 0 Å². The number of benzene rings is 1. The molecule has 2 rings (SSSR count). The van der Waals surface area contributed by atoms with Crippen LogP contribution in [0, 0.1) is 6.92 Å². The number of aromatic nitrogens is 1. The Labute approximate surface area is 116 Å². The molecule has 0 aliphatic rings. The van der Waals surface area contributed by atoms with Gasteiger partial charge in [-0.2, -0.15) is 0 Å². The van der Waals surface area contributed by atoms with E-state index >= 15 is 0 Å². The third-order valence-electron chi connectivity index (χ3n) is 2.80. The topological polar surface area (TPSA) is 85.1 Å². The largest absolute Gasteiger partial charge is 0.377 e. The van der Waals surface area contributed by atoms with Crippen molar-refractivity contribution in [2.24, 2.45) is 5.14 Å². The molecule has 5 nitrogen and oxygen atoms in total. The summed E-state index contributed by atoms with van der Waals surface area (Å²) in [6.07, 6.45) is 0. The summed E-state index contributed by atoms with van der Waals surface area (Å²) in [5.74, 6) is 0. The first-order valence-electron chi connectivity index (χ1n) is 5.66. The van der Waals surface area contributed by atoms with Gasteiger partial charge in [0.15, 0.2) is 0 Å². The summed E-state index contributed by atoms with van der Waals surface area (Å²) in [5, 5.41) is 10.3. The normalized spacial score (nSPS) is 13.2. The first kappa shape index (κ1) is 14.0. The van der Waals surface area contributed by atoms with E-state index in [0.717, 1.165) is 16.9 Å². The zero-order chi connectivity index (χ0) is 14.0. The van der Waals surface area contributed by atoms with Crippen LogP contribution in [-0.4, -0.2) is 13.4 Å². The van der Waals surface area contributed by atoms with Gasteiger partial charge in [0.1, 0.15) is 0 Å². The maximum absolute atomic E-state index is 11.4. The standard InChI is InChI=1S/C12H15N3O2S2/c1-8-3-4-10(19(13,16)17)5-11(8)15-9(2)12-6-18-7-14-12/h3-7,9,15H,1-2H3,(H2,13,16,17). The zero-order valence-electron chi connectivity index (χ0n) is 10.6. The van der Waals surface area contributed by atoms with E-state index in [9.17, 15) is 8.42 Å². The number of anilines is 1. The van der Waals surface area contributed by atoms with Crippen molar-refractivity contribution in [3.05, 3.63) is 40.3 Å². The average molecular weight is 297 g/mol. The third-order valence-corrected chi connectivity index (χ3v) is 4.32. The van der Waals surface area contributed by atoms with Gasteiger partial charge in [-0.05, 0) is 31.5 Å². The molecular formula is C12H15N3O2S2. The molecule has 0 radical (unpaired) electrons. The van der Waals surface area contributed by atoms with Crippen LogP contribution in [0.2, 0.25) is 0 Å². The van der Waals surface area contributed by atoms with Gasteiger partial charge in [-0.25, -0.2) is 18.5 Å². The van der Waals surface area contributed by atoms with Crippen LogP contribution in [0.1, 0.15) is 24.2 Å². The fraction of sp³-hybridized carbons (Fsp3) is 0.250. The van der Waals surface area contributed by atoms with E-state index in [0.29, 0.717) is 0 Å². The molecule has 0 saturated heterocycles. The Morgan fingerprint density at radius 2 is 2.16 bits per heavy atom. The highest BCUT2D eigenvalue weighted by Crippen LogP contribution is 2.24. The van der Waals surface area contributed by atoms with E-state index in [1.54, 1.807) is 17.6 Å². The van der Waals surface area contributed by atoms with Crippen LogP contribution < -0.4 is 10.5 Å². The SMILES string of the molecule is Cc1ccc(S(N)(=O)=O)cc1NC(C)c1cscn1. The lowest BCUT2D eigenvalue weighted by atomic mass is 10.1. The van der Waals surface area contributed by atoms with Crippen molar-refractivity contribution in [1.29, 1.82) is 0 Å². The number of thiazole rings is 1. The van der Waals surface area contributed by atoms with Gasteiger partial charge in [0.2, 0.25) is 10.0 Å². The van der Waals surface area contributed by atoms with Gasteiger partial charge in [0.05, 0.1) is 22.1 Å². The first-order valence-corrected chi connectivity index (χ1v) is 8.15. The average Bonchev–Trinajstić information content (AvgIpc) is 2.84. The lowest BCUT2D eigenvalue weighted by molar-refractivity contribution is 0.598. The second kappa shape index (κ2) is 5.28. The van der Waals surface area contributed by atoms with Crippen molar-refractivity contribution in [1.82, 2.24) is 4.98 Å². The zero-order valence-corrected chi connectivity index (χ0v) is 12.3. The molecule has 1 aromatic heterocycles. The molecule has 0 aliphatic heterocycles. The molecule has 19 heavy (non-hydrogen) atoms. The number of hydrogen-bond acceptors (Lipinski definition) is 5. The molecule has 0 amide bonds. The number of hydrogen-bond donors (Lipinski definition) is 2. The van der Waals surface area contributed by atoms with Crippen molar-refractivity contribution in [3.8, 4) is 0 Å². The summed E-state index contributed by atoms with van der Waals surface area (Å²) in [5.41, 5.74) is 4.38. The van der Waals surface area contributed by atoms with Crippen LogP contribution in [-0.2, 0) is 10.0 Å². The maximum Gasteiger partial charge on any atom is 0.238 e. The van der Waals surface area contributed by atoms with E-state index in [1.165, 1.54) is 17.4 Å². The van der Waals surface area contributed by atoms with Crippen LogP contribution in [0.4, 0.5) is 5.69 Å². The Hall–Kier alpha value is -1.44. The number of rotatable bonds is 4. The van der Waals surface area contributed by atoms with E-state index in [-0.39, 0.29) is 10.9 Å². The Bertz CT molecular complexity index is 666. The molecular weight excluding hydrogens is 282 g/mol. The fourth-order valence-corrected chi connectivity index (χ4v) is 2.86. The Kier molecular flexibility index (Phi) is 3.88. The molecule has 1 heterocycles. The smallest absolute Gasteiger partial charge is 0.238 e. The quantitative estimate of drug-likeness (QED) is 0.906. The van der Waals surface area contributed by atoms with E-state index in [2.05, 4.69) is 10.3 Å². The van der Waals surface area contributed by atoms with Crippen LogP contribution in [0.15, 0.2) is 34.0 Å². The Balaban J connectivity index is 2.30.